The second kappa shape index (κ2) is 4.45. The van der Waals surface area contributed by atoms with E-state index in [2.05, 4.69) is 6.58 Å². The zero-order chi connectivity index (χ0) is 11.6. The fourth-order valence-electron chi connectivity index (χ4n) is 1.84. The van der Waals surface area contributed by atoms with Crippen molar-refractivity contribution in [2.75, 3.05) is 6.54 Å². The predicted octanol–water partition coefficient (Wildman–Crippen LogP) is 0.225. The van der Waals surface area contributed by atoms with Gasteiger partial charge in [-0.1, -0.05) is 6.08 Å². The maximum absolute atomic E-state index is 11.1. The molecule has 0 aliphatic carbocycles. The molecule has 2 unspecified atom stereocenters. The van der Waals surface area contributed by atoms with E-state index in [4.69, 9.17) is 14.9 Å². The van der Waals surface area contributed by atoms with Gasteiger partial charge in [0.15, 0.2) is 0 Å². The highest BCUT2D eigenvalue weighted by atomic mass is 31.2. The molecule has 0 radical (unpaired) electrons. The Kier molecular flexibility index (Phi) is 3.67. The Balaban J connectivity index is 2.89. The number of carbonyl (C=O) groups is 1. The molecule has 2 atom stereocenters. The predicted molar refractivity (Wildman–Crippen MR) is 53.4 cm³/mol. The molecule has 0 amide bonds. The zero-order valence-electron chi connectivity index (χ0n) is 8.11. The van der Waals surface area contributed by atoms with Gasteiger partial charge in [0.25, 0.3) is 0 Å². The highest BCUT2D eigenvalue weighted by Crippen LogP contribution is 2.45. The monoisotopic (exact) mass is 235 g/mol. The second-order valence-electron chi connectivity index (χ2n) is 3.47. The van der Waals surface area contributed by atoms with E-state index in [1.54, 1.807) is 0 Å². The molecule has 0 aromatic carbocycles. The van der Waals surface area contributed by atoms with Crippen molar-refractivity contribution in [3.8, 4) is 0 Å². The van der Waals surface area contributed by atoms with Crippen LogP contribution in [0.5, 0.6) is 0 Å². The van der Waals surface area contributed by atoms with E-state index in [9.17, 15) is 9.36 Å². The molecule has 1 heterocycles. The summed E-state index contributed by atoms with van der Waals surface area (Å²) in [6.45, 7) is 3.71. The zero-order valence-corrected chi connectivity index (χ0v) is 9.01. The van der Waals surface area contributed by atoms with Crippen LogP contribution in [0.2, 0.25) is 0 Å². The smallest absolute Gasteiger partial charge is 0.346 e. The number of nitrogens with zero attached hydrogens (tertiary/aromatic N) is 1. The molecule has 1 saturated heterocycles. The van der Waals surface area contributed by atoms with Crippen molar-refractivity contribution >= 4 is 13.6 Å². The summed E-state index contributed by atoms with van der Waals surface area (Å²) in [6.07, 6.45) is 2.16. The van der Waals surface area contributed by atoms with Crippen LogP contribution in [0.3, 0.4) is 0 Å². The molecule has 0 bridgehead atoms. The fraction of sp³-hybridized carbons (Fsp3) is 0.625. The Hall–Kier alpha value is -0.680. The van der Waals surface area contributed by atoms with Gasteiger partial charge in [-0.3, -0.25) is 14.3 Å². The van der Waals surface area contributed by atoms with Crippen molar-refractivity contribution in [1.82, 2.24) is 4.90 Å². The molecule has 0 saturated carbocycles. The Bertz CT molecular complexity index is 312. The lowest BCUT2D eigenvalue weighted by Crippen LogP contribution is -2.42. The average Bonchev–Trinajstić information content (AvgIpc) is 2.51. The quantitative estimate of drug-likeness (QED) is 0.476. The number of carboxylic acid groups (broad SMARTS) is 1. The Morgan fingerprint density at radius 1 is 1.60 bits per heavy atom. The van der Waals surface area contributed by atoms with Crippen LogP contribution >= 0.6 is 7.60 Å². The number of aliphatic carboxylic acids is 1. The van der Waals surface area contributed by atoms with Gasteiger partial charge in [-0.25, -0.2) is 0 Å². The maximum Gasteiger partial charge on any atom is 0.346 e. The first-order valence-corrected chi connectivity index (χ1v) is 6.22. The Labute approximate surface area is 87.4 Å². The van der Waals surface area contributed by atoms with Gasteiger partial charge in [0.05, 0.1) is 0 Å². The van der Waals surface area contributed by atoms with Crippen LogP contribution < -0.4 is 0 Å². The molecule has 1 aliphatic heterocycles. The van der Waals surface area contributed by atoms with Crippen molar-refractivity contribution < 1.29 is 24.3 Å². The molecular formula is C8H14NO5P. The molecule has 0 spiro atoms. The molecule has 15 heavy (non-hydrogen) atoms. The van der Waals surface area contributed by atoms with E-state index in [0.717, 1.165) is 6.08 Å². The van der Waals surface area contributed by atoms with E-state index in [1.807, 2.05) is 0 Å². The summed E-state index contributed by atoms with van der Waals surface area (Å²) in [5.41, 5.74) is 0. The fourth-order valence-corrected chi connectivity index (χ4v) is 2.77. The summed E-state index contributed by atoms with van der Waals surface area (Å²) >= 11 is 0. The third kappa shape index (κ3) is 2.66. The number of rotatable bonds is 4. The molecule has 86 valence electrons. The van der Waals surface area contributed by atoms with Gasteiger partial charge < -0.3 is 14.9 Å². The standard InChI is InChI=1S/C8H14NO5P/c1-2-7(15(12,13)14)9-5-3-4-6(9)8(10)11/h2,6-7H,1,3-5H2,(H,10,11)(H2,12,13,14). The van der Waals surface area contributed by atoms with Gasteiger partial charge in [0.1, 0.15) is 11.8 Å². The Morgan fingerprint density at radius 2 is 2.20 bits per heavy atom. The molecule has 6 nitrogen and oxygen atoms in total. The van der Waals surface area contributed by atoms with Gasteiger partial charge in [-0.2, -0.15) is 0 Å². The minimum atomic E-state index is -4.36. The van der Waals surface area contributed by atoms with Crippen LogP contribution in [0, 0.1) is 0 Å². The van der Waals surface area contributed by atoms with Crippen LogP contribution in [0.1, 0.15) is 12.8 Å². The normalized spacial score (nSPS) is 25.1. The summed E-state index contributed by atoms with van der Waals surface area (Å²) in [7, 11) is -4.36. The van der Waals surface area contributed by atoms with Gasteiger partial charge in [0, 0.05) is 6.54 Å². The van der Waals surface area contributed by atoms with Crippen LogP contribution in [0.4, 0.5) is 0 Å². The van der Waals surface area contributed by atoms with Gasteiger partial charge in [0.2, 0.25) is 0 Å². The topological polar surface area (TPSA) is 98.1 Å². The largest absolute Gasteiger partial charge is 0.480 e. The molecule has 3 N–H and O–H groups in total. The summed E-state index contributed by atoms with van der Waals surface area (Å²) in [4.78, 5) is 30.2. The lowest BCUT2D eigenvalue weighted by molar-refractivity contribution is -0.142. The number of carboxylic acids is 1. The molecule has 1 rings (SSSR count). The van der Waals surface area contributed by atoms with Gasteiger partial charge >= 0.3 is 13.6 Å². The first-order valence-electron chi connectivity index (χ1n) is 4.54. The van der Waals surface area contributed by atoms with Gasteiger partial charge in [-0.15, -0.1) is 6.58 Å². The minimum Gasteiger partial charge on any atom is -0.480 e. The second-order valence-corrected chi connectivity index (χ2v) is 5.18. The van der Waals surface area contributed by atoms with E-state index in [1.165, 1.54) is 4.90 Å². The summed E-state index contributed by atoms with van der Waals surface area (Å²) in [5, 5.41) is 8.86. The van der Waals surface area contributed by atoms with E-state index in [0.29, 0.717) is 19.4 Å². The van der Waals surface area contributed by atoms with Crippen molar-refractivity contribution in [3.63, 3.8) is 0 Å². The minimum absolute atomic E-state index is 0.374. The van der Waals surface area contributed by atoms with Crippen molar-refractivity contribution in [2.24, 2.45) is 0 Å². The third-order valence-electron chi connectivity index (χ3n) is 2.47. The summed E-state index contributed by atoms with van der Waals surface area (Å²) < 4.78 is 11.1. The van der Waals surface area contributed by atoms with Crippen LogP contribution in [0.25, 0.3) is 0 Å². The van der Waals surface area contributed by atoms with Crippen LogP contribution in [-0.2, 0) is 9.36 Å². The van der Waals surface area contributed by atoms with E-state index < -0.39 is 25.4 Å². The number of hydrogen-bond donors (Lipinski definition) is 3. The molecule has 0 aromatic rings. The lowest BCUT2D eigenvalue weighted by atomic mass is 10.2. The molecule has 1 aliphatic rings. The Morgan fingerprint density at radius 3 is 2.60 bits per heavy atom. The van der Waals surface area contributed by atoms with Crippen molar-refractivity contribution in [3.05, 3.63) is 12.7 Å². The average molecular weight is 235 g/mol. The first-order chi connectivity index (χ1) is 6.88. The number of likely N-dealkylation sites (tertiary alicyclic amines) is 1. The molecule has 7 heteroatoms. The highest BCUT2D eigenvalue weighted by molar-refractivity contribution is 7.52. The lowest BCUT2D eigenvalue weighted by Gasteiger charge is -2.28. The first kappa shape index (κ1) is 12.4. The van der Waals surface area contributed by atoms with E-state index in [-0.39, 0.29) is 0 Å². The molecular weight excluding hydrogens is 221 g/mol. The van der Waals surface area contributed by atoms with E-state index >= 15 is 0 Å². The van der Waals surface area contributed by atoms with Crippen LogP contribution in [-0.4, -0.2) is 44.1 Å². The summed E-state index contributed by atoms with van der Waals surface area (Å²) in [5.74, 6) is -2.24. The van der Waals surface area contributed by atoms with Crippen molar-refractivity contribution in [1.29, 1.82) is 0 Å². The van der Waals surface area contributed by atoms with Gasteiger partial charge in [-0.05, 0) is 12.8 Å². The molecule has 0 aromatic heterocycles. The number of hydrogen-bond acceptors (Lipinski definition) is 3. The molecule has 1 fully saturated rings. The van der Waals surface area contributed by atoms with Crippen LogP contribution in [0.15, 0.2) is 12.7 Å². The van der Waals surface area contributed by atoms with Crippen molar-refractivity contribution in [2.45, 2.75) is 24.7 Å². The highest BCUT2D eigenvalue weighted by Gasteiger charge is 2.41. The SMILES string of the molecule is C=CC(N1CCCC1C(=O)O)P(=O)(O)O. The maximum atomic E-state index is 11.1. The summed E-state index contributed by atoms with van der Waals surface area (Å²) in [6, 6.07) is -0.819. The third-order valence-corrected chi connectivity index (χ3v) is 3.67.